The van der Waals surface area contributed by atoms with Crippen LogP contribution in [-0.2, 0) is 4.79 Å². The van der Waals surface area contributed by atoms with Crippen molar-refractivity contribution in [1.29, 1.82) is 0 Å². The lowest BCUT2D eigenvalue weighted by atomic mass is 10.1. The molecule has 0 spiro atoms. The highest BCUT2D eigenvalue weighted by Gasteiger charge is 2.31. The van der Waals surface area contributed by atoms with Crippen LogP contribution in [0.5, 0.6) is 0 Å². The Balaban J connectivity index is 2.11. The van der Waals surface area contributed by atoms with Crippen molar-refractivity contribution < 1.29 is 4.79 Å². The van der Waals surface area contributed by atoms with Gasteiger partial charge in [0.2, 0.25) is 5.91 Å². The third-order valence-corrected chi connectivity index (χ3v) is 3.57. The van der Waals surface area contributed by atoms with Crippen molar-refractivity contribution in [3.63, 3.8) is 0 Å². The molecule has 1 heterocycles. The lowest BCUT2D eigenvalue weighted by Gasteiger charge is -2.25. The normalized spacial score (nSPS) is 22.5. The standard InChI is InChI=1S/C14H19NO/c1-3-12-9-14(16)15(10-12)11(2)13-7-5-4-6-8-13/h4-8,11-12H,3,9-10H2,1-2H3/t11-,12-/m1/s1. The largest absolute Gasteiger partial charge is 0.336 e. The molecule has 0 unspecified atom stereocenters. The SMILES string of the molecule is CC[C@@H]1CC(=O)N([C@H](C)c2ccccc2)C1. The average Bonchev–Trinajstić information content (AvgIpc) is 2.71. The molecule has 1 saturated heterocycles. The highest BCUT2D eigenvalue weighted by atomic mass is 16.2. The first-order valence-corrected chi connectivity index (χ1v) is 6.06. The molecule has 2 nitrogen and oxygen atoms in total. The Hall–Kier alpha value is -1.31. The molecular formula is C14H19NO. The molecule has 0 N–H and O–H groups in total. The minimum absolute atomic E-state index is 0.213. The van der Waals surface area contributed by atoms with Gasteiger partial charge in [0.25, 0.3) is 0 Å². The Labute approximate surface area is 97.3 Å². The van der Waals surface area contributed by atoms with Gasteiger partial charge in [-0.15, -0.1) is 0 Å². The Morgan fingerprint density at radius 1 is 1.38 bits per heavy atom. The Bertz CT molecular complexity index is 360. The van der Waals surface area contributed by atoms with Gasteiger partial charge in [0.1, 0.15) is 0 Å². The molecule has 1 fully saturated rings. The molecule has 0 radical (unpaired) electrons. The minimum atomic E-state index is 0.213. The van der Waals surface area contributed by atoms with E-state index in [2.05, 4.69) is 26.0 Å². The van der Waals surface area contributed by atoms with E-state index < -0.39 is 0 Å². The molecule has 1 aromatic carbocycles. The summed E-state index contributed by atoms with van der Waals surface area (Å²) in [5.41, 5.74) is 1.23. The van der Waals surface area contributed by atoms with Gasteiger partial charge in [-0.1, -0.05) is 43.7 Å². The number of amides is 1. The molecule has 16 heavy (non-hydrogen) atoms. The van der Waals surface area contributed by atoms with Crippen molar-refractivity contribution in [2.45, 2.75) is 32.7 Å². The molecule has 0 aliphatic carbocycles. The highest BCUT2D eigenvalue weighted by molar-refractivity contribution is 5.79. The number of hydrogen-bond donors (Lipinski definition) is 0. The fourth-order valence-corrected chi connectivity index (χ4v) is 2.37. The maximum absolute atomic E-state index is 11.9. The van der Waals surface area contributed by atoms with Crippen LogP contribution in [-0.4, -0.2) is 17.4 Å². The fourth-order valence-electron chi connectivity index (χ4n) is 2.37. The lowest BCUT2D eigenvalue weighted by Crippen LogP contribution is -2.28. The number of rotatable bonds is 3. The van der Waals surface area contributed by atoms with E-state index in [1.54, 1.807) is 0 Å². The van der Waals surface area contributed by atoms with E-state index in [4.69, 9.17) is 0 Å². The molecule has 2 rings (SSSR count). The monoisotopic (exact) mass is 217 g/mol. The summed E-state index contributed by atoms with van der Waals surface area (Å²) in [6.45, 7) is 5.20. The van der Waals surface area contributed by atoms with E-state index in [-0.39, 0.29) is 6.04 Å². The number of carbonyl (C=O) groups is 1. The van der Waals surface area contributed by atoms with Crippen LogP contribution < -0.4 is 0 Å². The van der Waals surface area contributed by atoms with E-state index >= 15 is 0 Å². The van der Waals surface area contributed by atoms with Crippen LogP contribution in [0.4, 0.5) is 0 Å². The van der Waals surface area contributed by atoms with E-state index in [0.29, 0.717) is 11.8 Å². The van der Waals surface area contributed by atoms with Gasteiger partial charge in [-0.2, -0.15) is 0 Å². The van der Waals surface area contributed by atoms with Crippen molar-refractivity contribution in [1.82, 2.24) is 4.90 Å². The van der Waals surface area contributed by atoms with Gasteiger partial charge >= 0.3 is 0 Å². The summed E-state index contributed by atoms with van der Waals surface area (Å²) in [5, 5.41) is 0. The second kappa shape index (κ2) is 4.69. The van der Waals surface area contributed by atoms with Gasteiger partial charge in [-0.3, -0.25) is 4.79 Å². The molecule has 0 saturated carbocycles. The molecule has 1 aliphatic rings. The molecule has 0 aromatic heterocycles. The zero-order chi connectivity index (χ0) is 11.5. The van der Waals surface area contributed by atoms with Gasteiger partial charge < -0.3 is 4.90 Å². The maximum atomic E-state index is 11.9. The predicted molar refractivity (Wildman–Crippen MR) is 65.0 cm³/mol. The van der Waals surface area contributed by atoms with Gasteiger partial charge in [-0.25, -0.2) is 0 Å². The fraction of sp³-hybridized carbons (Fsp3) is 0.500. The third kappa shape index (κ3) is 2.11. The second-order valence-electron chi connectivity index (χ2n) is 4.61. The molecular weight excluding hydrogens is 198 g/mol. The summed E-state index contributed by atoms with van der Waals surface area (Å²) in [5.74, 6) is 0.863. The summed E-state index contributed by atoms with van der Waals surface area (Å²) >= 11 is 0. The van der Waals surface area contributed by atoms with E-state index in [1.165, 1.54) is 5.56 Å². The smallest absolute Gasteiger partial charge is 0.223 e. The number of hydrogen-bond acceptors (Lipinski definition) is 1. The van der Waals surface area contributed by atoms with Crippen LogP contribution in [0.15, 0.2) is 30.3 Å². The second-order valence-corrected chi connectivity index (χ2v) is 4.61. The van der Waals surface area contributed by atoms with E-state index in [9.17, 15) is 4.79 Å². The van der Waals surface area contributed by atoms with Crippen molar-refractivity contribution in [2.24, 2.45) is 5.92 Å². The van der Waals surface area contributed by atoms with Crippen LogP contribution >= 0.6 is 0 Å². The first-order chi connectivity index (χ1) is 7.72. The first kappa shape index (κ1) is 11.2. The quantitative estimate of drug-likeness (QED) is 0.762. The van der Waals surface area contributed by atoms with Crippen molar-refractivity contribution in [3.8, 4) is 0 Å². The molecule has 0 bridgehead atoms. The predicted octanol–water partition coefficient (Wildman–Crippen LogP) is 3.01. The van der Waals surface area contributed by atoms with E-state index in [0.717, 1.165) is 19.4 Å². The Morgan fingerprint density at radius 2 is 2.06 bits per heavy atom. The van der Waals surface area contributed by atoms with Crippen molar-refractivity contribution in [3.05, 3.63) is 35.9 Å². The first-order valence-electron chi connectivity index (χ1n) is 6.06. The van der Waals surface area contributed by atoms with Crippen LogP contribution in [0, 0.1) is 5.92 Å². The summed E-state index contributed by atoms with van der Waals surface area (Å²) in [6.07, 6.45) is 1.83. The zero-order valence-electron chi connectivity index (χ0n) is 10.0. The molecule has 86 valence electrons. The maximum Gasteiger partial charge on any atom is 0.223 e. The highest BCUT2D eigenvalue weighted by Crippen LogP contribution is 2.29. The topological polar surface area (TPSA) is 20.3 Å². The zero-order valence-corrected chi connectivity index (χ0v) is 10.0. The number of likely N-dealkylation sites (tertiary alicyclic amines) is 1. The summed E-state index contributed by atoms with van der Waals surface area (Å²) in [4.78, 5) is 13.9. The van der Waals surface area contributed by atoms with Gasteiger partial charge in [0, 0.05) is 13.0 Å². The van der Waals surface area contributed by atoms with Crippen molar-refractivity contribution >= 4 is 5.91 Å². The van der Waals surface area contributed by atoms with Crippen LogP contribution in [0.3, 0.4) is 0 Å². The van der Waals surface area contributed by atoms with Crippen LogP contribution in [0.2, 0.25) is 0 Å². The molecule has 2 atom stereocenters. The third-order valence-electron chi connectivity index (χ3n) is 3.57. The number of carbonyl (C=O) groups excluding carboxylic acids is 1. The van der Waals surface area contributed by atoms with Crippen LogP contribution in [0.25, 0.3) is 0 Å². The molecule has 1 aromatic rings. The molecule has 1 aliphatic heterocycles. The average molecular weight is 217 g/mol. The number of benzene rings is 1. The van der Waals surface area contributed by atoms with Gasteiger partial charge in [-0.05, 0) is 18.4 Å². The van der Waals surface area contributed by atoms with Gasteiger partial charge in [0.05, 0.1) is 6.04 Å². The summed E-state index contributed by atoms with van der Waals surface area (Å²) in [6, 6.07) is 10.5. The molecule has 2 heteroatoms. The number of nitrogens with zero attached hydrogens (tertiary/aromatic N) is 1. The lowest BCUT2D eigenvalue weighted by molar-refractivity contribution is -0.129. The minimum Gasteiger partial charge on any atom is -0.336 e. The van der Waals surface area contributed by atoms with Crippen molar-refractivity contribution in [2.75, 3.05) is 6.54 Å². The van der Waals surface area contributed by atoms with Crippen LogP contribution in [0.1, 0.15) is 38.3 Å². The van der Waals surface area contributed by atoms with E-state index in [1.807, 2.05) is 23.1 Å². The Morgan fingerprint density at radius 3 is 2.62 bits per heavy atom. The molecule has 1 amide bonds. The Kier molecular flexibility index (Phi) is 3.28. The van der Waals surface area contributed by atoms with Gasteiger partial charge in [0.15, 0.2) is 0 Å². The summed E-state index contributed by atoms with van der Waals surface area (Å²) in [7, 11) is 0. The summed E-state index contributed by atoms with van der Waals surface area (Å²) < 4.78 is 0.